The molecule has 2 aromatic heterocycles. The SMILES string of the molecule is Cc1occc1C(=O)NNC(=O)c1cc2c(s1)CCC2. The van der Waals surface area contributed by atoms with Gasteiger partial charge in [-0.15, -0.1) is 11.3 Å². The standard InChI is InChI=1S/C14H14N2O3S/c1-8-10(5-6-19-8)13(17)15-16-14(18)12-7-9-3-2-4-11(9)20-12/h5-7H,2-4H2,1H3,(H,15,17)(H,16,18). The van der Waals surface area contributed by atoms with Gasteiger partial charge in [0.25, 0.3) is 11.8 Å². The van der Waals surface area contributed by atoms with Crippen molar-refractivity contribution in [1.29, 1.82) is 0 Å². The van der Waals surface area contributed by atoms with Crippen LogP contribution in [0.2, 0.25) is 0 Å². The molecule has 0 bridgehead atoms. The summed E-state index contributed by atoms with van der Waals surface area (Å²) in [4.78, 5) is 25.7. The predicted molar refractivity (Wildman–Crippen MR) is 74.7 cm³/mol. The third kappa shape index (κ3) is 2.34. The molecule has 3 rings (SSSR count). The third-order valence-corrected chi connectivity index (χ3v) is 4.60. The summed E-state index contributed by atoms with van der Waals surface area (Å²) in [6.45, 7) is 1.69. The van der Waals surface area contributed by atoms with E-state index in [4.69, 9.17) is 4.42 Å². The molecular weight excluding hydrogens is 276 g/mol. The Labute approximate surface area is 119 Å². The lowest BCUT2D eigenvalue weighted by molar-refractivity contribution is 0.0848. The minimum Gasteiger partial charge on any atom is -0.469 e. The van der Waals surface area contributed by atoms with E-state index in [1.807, 2.05) is 6.07 Å². The van der Waals surface area contributed by atoms with Gasteiger partial charge in [0.1, 0.15) is 5.76 Å². The molecule has 0 atom stereocenters. The molecule has 2 aromatic rings. The second-order valence-electron chi connectivity index (χ2n) is 4.71. The Morgan fingerprint density at radius 3 is 2.75 bits per heavy atom. The number of carbonyl (C=O) groups is 2. The number of hydrogen-bond donors (Lipinski definition) is 2. The molecule has 0 fully saturated rings. The van der Waals surface area contributed by atoms with Crippen LogP contribution >= 0.6 is 11.3 Å². The molecule has 0 spiro atoms. The van der Waals surface area contributed by atoms with Crippen LogP contribution in [0.5, 0.6) is 0 Å². The van der Waals surface area contributed by atoms with Gasteiger partial charge < -0.3 is 4.42 Å². The van der Waals surface area contributed by atoms with Crippen molar-refractivity contribution in [2.24, 2.45) is 0 Å². The smallest absolute Gasteiger partial charge is 0.279 e. The molecule has 0 aromatic carbocycles. The van der Waals surface area contributed by atoms with Crippen LogP contribution in [0.4, 0.5) is 0 Å². The van der Waals surface area contributed by atoms with Gasteiger partial charge in [0.2, 0.25) is 0 Å². The van der Waals surface area contributed by atoms with Crippen molar-refractivity contribution in [1.82, 2.24) is 10.9 Å². The molecule has 2 amide bonds. The maximum absolute atomic E-state index is 12.0. The van der Waals surface area contributed by atoms with Crippen molar-refractivity contribution in [3.63, 3.8) is 0 Å². The van der Waals surface area contributed by atoms with Gasteiger partial charge in [0.15, 0.2) is 0 Å². The number of hydrogen-bond acceptors (Lipinski definition) is 4. The van der Waals surface area contributed by atoms with Crippen molar-refractivity contribution in [3.05, 3.63) is 45.0 Å². The fourth-order valence-corrected chi connectivity index (χ4v) is 3.45. The minimum absolute atomic E-state index is 0.279. The van der Waals surface area contributed by atoms with Crippen LogP contribution in [0.25, 0.3) is 0 Å². The van der Waals surface area contributed by atoms with Gasteiger partial charge in [-0.3, -0.25) is 20.4 Å². The Balaban J connectivity index is 1.62. The Morgan fingerprint density at radius 1 is 1.25 bits per heavy atom. The summed E-state index contributed by atoms with van der Waals surface area (Å²) in [6.07, 6.45) is 4.70. The minimum atomic E-state index is -0.381. The second-order valence-corrected chi connectivity index (χ2v) is 5.85. The average molecular weight is 290 g/mol. The molecule has 1 aliphatic carbocycles. The molecule has 6 heteroatoms. The highest BCUT2D eigenvalue weighted by Gasteiger charge is 2.19. The molecule has 5 nitrogen and oxygen atoms in total. The van der Waals surface area contributed by atoms with E-state index in [1.165, 1.54) is 34.5 Å². The molecule has 20 heavy (non-hydrogen) atoms. The zero-order valence-electron chi connectivity index (χ0n) is 11.0. The Hall–Kier alpha value is -2.08. The van der Waals surface area contributed by atoms with Crippen LogP contribution in [0.15, 0.2) is 22.8 Å². The summed E-state index contributed by atoms with van der Waals surface area (Å²) in [5.41, 5.74) is 6.51. The Kier molecular flexibility index (Phi) is 3.31. The quantitative estimate of drug-likeness (QED) is 0.833. The maximum Gasteiger partial charge on any atom is 0.279 e. The highest BCUT2D eigenvalue weighted by atomic mass is 32.1. The van der Waals surface area contributed by atoms with E-state index in [-0.39, 0.29) is 11.8 Å². The predicted octanol–water partition coefficient (Wildman–Crippen LogP) is 2.21. The summed E-state index contributed by atoms with van der Waals surface area (Å²) >= 11 is 1.50. The molecule has 0 saturated heterocycles. The summed E-state index contributed by atoms with van der Waals surface area (Å²) in [6, 6.07) is 3.48. The van der Waals surface area contributed by atoms with Crippen LogP contribution in [0.1, 0.15) is 42.7 Å². The summed E-state index contributed by atoms with van der Waals surface area (Å²) in [5.74, 6) is -0.139. The van der Waals surface area contributed by atoms with Crippen LogP contribution in [0.3, 0.4) is 0 Å². The number of aryl methyl sites for hydroxylation is 3. The lowest BCUT2D eigenvalue weighted by Crippen LogP contribution is -2.41. The Bertz CT molecular complexity index is 650. The summed E-state index contributed by atoms with van der Waals surface area (Å²) in [7, 11) is 0. The number of amides is 2. The molecular formula is C14H14N2O3S. The summed E-state index contributed by atoms with van der Waals surface area (Å²) < 4.78 is 5.05. The zero-order valence-corrected chi connectivity index (χ0v) is 11.8. The third-order valence-electron chi connectivity index (χ3n) is 3.36. The van der Waals surface area contributed by atoms with E-state index in [0.29, 0.717) is 16.2 Å². The average Bonchev–Trinajstić information content (AvgIpc) is 3.09. The van der Waals surface area contributed by atoms with Gasteiger partial charge in [-0.2, -0.15) is 0 Å². The van der Waals surface area contributed by atoms with E-state index in [2.05, 4.69) is 10.9 Å². The van der Waals surface area contributed by atoms with Crippen LogP contribution in [-0.4, -0.2) is 11.8 Å². The lowest BCUT2D eigenvalue weighted by Gasteiger charge is -2.05. The molecule has 0 saturated carbocycles. The maximum atomic E-state index is 12.0. The van der Waals surface area contributed by atoms with Crippen molar-refractivity contribution in [2.45, 2.75) is 26.2 Å². The van der Waals surface area contributed by atoms with E-state index < -0.39 is 0 Å². The molecule has 0 radical (unpaired) electrons. The fraction of sp³-hybridized carbons (Fsp3) is 0.286. The van der Waals surface area contributed by atoms with Crippen LogP contribution in [0, 0.1) is 6.92 Å². The van der Waals surface area contributed by atoms with E-state index in [1.54, 1.807) is 13.0 Å². The molecule has 2 N–H and O–H groups in total. The van der Waals surface area contributed by atoms with Crippen LogP contribution < -0.4 is 10.9 Å². The van der Waals surface area contributed by atoms with Gasteiger partial charge >= 0.3 is 0 Å². The topological polar surface area (TPSA) is 71.3 Å². The first-order chi connectivity index (χ1) is 9.65. The van der Waals surface area contributed by atoms with Gasteiger partial charge in [0.05, 0.1) is 16.7 Å². The molecule has 0 aliphatic heterocycles. The first kappa shape index (κ1) is 12.9. The van der Waals surface area contributed by atoms with E-state index in [0.717, 1.165) is 12.8 Å². The molecule has 2 heterocycles. The second kappa shape index (κ2) is 5.13. The van der Waals surface area contributed by atoms with Crippen LogP contribution in [-0.2, 0) is 12.8 Å². The normalized spacial score (nSPS) is 13.1. The largest absolute Gasteiger partial charge is 0.469 e. The first-order valence-corrected chi connectivity index (χ1v) is 7.23. The number of carbonyl (C=O) groups excluding carboxylic acids is 2. The number of furan rings is 1. The fourth-order valence-electron chi connectivity index (χ4n) is 2.30. The highest BCUT2D eigenvalue weighted by Crippen LogP contribution is 2.30. The number of thiophene rings is 1. The lowest BCUT2D eigenvalue weighted by atomic mass is 10.2. The zero-order chi connectivity index (χ0) is 14.1. The van der Waals surface area contributed by atoms with Crippen molar-refractivity contribution < 1.29 is 14.0 Å². The first-order valence-electron chi connectivity index (χ1n) is 6.41. The number of rotatable bonds is 2. The van der Waals surface area contributed by atoms with Gasteiger partial charge in [-0.1, -0.05) is 0 Å². The monoisotopic (exact) mass is 290 g/mol. The number of nitrogens with one attached hydrogen (secondary N) is 2. The molecule has 104 valence electrons. The van der Waals surface area contributed by atoms with E-state index in [9.17, 15) is 9.59 Å². The van der Waals surface area contributed by atoms with Gasteiger partial charge in [-0.05, 0) is 43.9 Å². The molecule has 1 aliphatic rings. The van der Waals surface area contributed by atoms with Gasteiger partial charge in [-0.25, -0.2) is 0 Å². The van der Waals surface area contributed by atoms with Gasteiger partial charge in [0, 0.05) is 4.88 Å². The number of hydrazine groups is 1. The molecule has 0 unspecified atom stereocenters. The van der Waals surface area contributed by atoms with Crippen molar-refractivity contribution >= 4 is 23.2 Å². The number of fused-ring (bicyclic) bond motifs is 1. The van der Waals surface area contributed by atoms with E-state index >= 15 is 0 Å². The van der Waals surface area contributed by atoms with Crippen molar-refractivity contribution in [3.8, 4) is 0 Å². The highest BCUT2D eigenvalue weighted by molar-refractivity contribution is 7.14. The Morgan fingerprint density at radius 2 is 2.05 bits per heavy atom. The summed E-state index contributed by atoms with van der Waals surface area (Å²) in [5, 5.41) is 0. The van der Waals surface area contributed by atoms with Crippen molar-refractivity contribution in [2.75, 3.05) is 0 Å².